The minimum absolute atomic E-state index is 0.157. The van der Waals surface area contributed by atoms with E-state index in [1.165, 1.54) is 0 Å². The SMILES string of the molecule is [CH2]C(C)CCC#CC(C)(C)C. The van der Waals surface area contributed by atoms with Gasteiger partial charge in [0.1, 0.15) is 0 Å². The predicted molar refractivity (Wildman–Crippen MR) is 51.0 cm³/mol. The Morgan fingerprint density at radius 3 is 2.27 bits per heavy atom. The standard InChI is InChI=1S/C11H19/c1-10(2)8-6-7-9-11(3,4)5/h10H,1,6,8H2,2-5H3. The molecule has 0 nitrogen and oxygen atoms in total. The summed E-state index contributed by atoms with van der Waals surface area (Å²) in [5, 5.41) is 0. The van der Waals surface area contributed by atoms with Gasteiger partial charge in [0, 0.05) is 11.8 Å². The molecule has 1 unspecified atom stereocenters. The molecule has 0 heteroatoms. The molecular weight excluding hydrogens is 132 g/mol. The minimum atomic E-state index is 0.157. The third kappa shape index (κ3) is 9.56. The fraction of sp³-hybridized carbons (Fsp3) is 0.727. The van der Waals surface area contributed by atoms with E-state index in [9.17, 15) is 0 Å². The van der Waals surface area contributed by atoms with Crippen molar-refractivity contribution in [3.63, 3.8) is 0 Å². The Kier molecular flexibility index (Phi) is 4.26. The summed E-state index contributed by atoms with van der Waals surface area (Å²) in [7, 11) is 0. The second-order valence-electron chi connectivity index (χ2n) is 4.20. The molecule has 1 radical (unpaired) electrons. The molecule has 0 saturated heterocycles. The van der Waals surface area contributed by atoms with Gasteiger partial charge in [0.25, 0.3) is 0 Å². The molecule has 0 aliphatic carbocycles. The van der Waals surface area contributed by atoms with Crippen LogP contribution in [0.25, 0.3) is 0 Å². The molecule has 0 aromatic heterocycles. The van der Waals surface area contributed by atoms with Crippen molar-refractivity contribution in [3.05, 3.63) is 6.92 Å². The first kappa shape index (κ1) is 10.6. The first-order valence-electron chi connectivity index (χ1n) is 4.25. The van der Waals surface area contributed by atoms with Crippen molar-refractivity contribution in [1.82, 2.24) is 0 Å². The molecule has 0 fully saturated rings. The van der Waals surface area contributed by atoms with Crippen LogP contribution in [0.3, 0.4) is 0 Å². The Bertz CT molecular complexity index is 147. The molecule has 0 aliphatic heterocycles. The molecule has 0 heterocycles. The van der Waals surface area contributed by atoms with Crippen molar-refractivity contribution in [2.24, 2.45) is 11.3 Å². The van der Waals surface area contributed by atoms with Gasteiger partial charge >= 0.3 is 0 Å². The third-order valence-electron chi connectivity index (χ3n) is 1.23. The van der Waals surface area contributed by atoms with Gasteiger partial charge in [0.15, 0.2) is 0 Å². The average molecular weight is 151 g/mol. The van der Waals surface area contributed by atoms with E-state index in [0.717, 1.165) is 12.8 Å². The van der Waals surface area contributed by atoms with Crippen molar-refractivity contribution in [2.75, 3.05) is 0 Å². The maximum absolute atomic E-state index is 3.90. The molecule has 0 amide bonds. The lowest BCUT2D eigenvalue weighted by molar-refractivity contribution is 0.569. The van der Waals surface area contributed by atoms with Crippen LogP contribution in [0.1, 0.15) is 40.5 Å². The molecule has 0 rings (SSSR count). The second kappa shape index (κ2) is 4.44. The fourth-order valence-corrected chi connectivity index (χ4v) is 0.646. The quantitative estimate of drug-likeness (QED) is 0.531. The van der Waals surface area contributed by atoms with Crippen LogP contribution in [0.4, 0.5) is 0 Å². The molecule has 0 aromatic rings. The maximum Gasteiger partial charge on any atom is 0.0230 e. The molecule has 0 spiro atoms. The topological polar surface area (TPSA) is 0 Å². The summed E-state index contributed by atoms with van der Waals surface area (Å²) in [4.78, 5) is 0. The van der Waals surface area contributed by atoms with Gasteiger partial charge in [-0.25, -0.2) is 0 Å². The zero-order chi connectivity index (χ0) is 8.91. The zero-order valence-electron chi connectivity index (χ0n) is 8.20. The lowest BCUT2D eigenvalue weighted by atomic mass is 9.97. The highest BCUT2D eigenvalue weighted by Crippen LogP contribution is 2.10. The van der Waals surface area contributed by atoms with Crippen LogP contribution in [0.2, 0.25) is 0 Å². The molecule has 11 heavy (non-hydrogen) atoms. The van der Waals surface area contributed by atoms with Crippen LogP contribution >= 0.6 is 0 Å². The first-order chi connectivity index (χ1) is 4.92. The Hall–Kier alpha value is -0.440. The Morgan fingerprint density at radius 1 is 1.36 bits per heavy atom. The van der Waals surface area contributed by atoms with Crippen molar-refractivity contribution >= 4 is 0 Å². The number of hydrogen-bond acceptors (Lipinski definition) is 0. The van der Waals surface area contributed by atoms with E-state index in [0.29, 0.717) is 5.92 Å². The summed E-state index contributed by atoms with van der Waals surface area (Å²) in [6.45, 7) is 12.4. The zero-order valence-corrected chi connectivity index (χ0v) is 8.20. The molecular formula is C11H19. The van der Waals surface area contributed by atoms with Gasteiger partial charge in [0.2, 0.25) is 0 Å². The highest BCUT2D eigenvalue weighted by molar-refractivity contribution is 5.07. The van der Waals surface area contributed by atoms with E-state index in [-0.39, 0.29) is 5.41 Å². The maximum atomic E-state index is 3.90. The van der Waals surface area contributed by atoms with E-state index in [1.54, 1.807) is 0 Å². The normalized spacial score (nSPS) is 11.1. The van der Waals surface area contributed by atoms with E-state index in [4.69, 9.17) is 0 Å². The summed E-state index contributed by atoms with van der Waals surface area (Å²) < 4.78 is 0. The molecule has 0 aromatic carbocycles. The first-order valence-corrected chi connectivity index (χ1v) is 4.25. The summed E-state index contributed by atoms with van der Waals surface area (Å²) in [6, 6.07) is 0. The largest absolute Gasteiger partial charge is 0.103 e. The van der Waals surface area contributed by atoms with Gasteiger partial charge in [-0.1, -0.05) is 19.8 Å². The highest BCUT2D eigenvalue weighted by Gasteiger charge is 2.02. The average Bonchev–Trinajstić information content (AvgIpc) is 1.78. The van der Waals surface area contributed by atoms with E-state index >= 15 is 0 Å². The summed E-state index contributed by atoms with van der Waals surface area (Å²) in [6.07, 6.45) is 2.10. The van der Waals surface area contributed by atoms with Crippen LogP contribution in [-0.4, -0.2) is 0 Å². The van der Waals surface area contributed by atoms with Gasteiger partial charge in [-0.05, 0) is 33.1 Å². The Balaban J connectivity index is 3.57. The monoisotopic (exact) mass is 151 g/mol. The molecule has 0 aliphatic rings. The van der Waals surface area contributed by atoms with Gasteiger partial charge < -0.3 is 0 Å². The molecule has 0 saturated carbocycles. The Morgan fingerprint density at radius 2 is 1.91 bits per heavy atom. The highest BCUT2D eigenvalue weighted by atomic mass is 14.1. The van der Waals surface area contributed by atoms with E-state index in [1.807, 2.05) is 0 Å². The molecule has 63 valence electrons. The predicted octanol–water partition coefficient (Wildman–Crippen LogP) is 3.29. The van der Waals surface area contributed by atoms with Crippen molar-refractivity contribution in [3.8, 4) is 11.8 Å². The van der Waals surface area contributed by atoms with Crippen LogP contribution in [0.15, 0.2) is 0 Å². The summed E-state index contributed by atoms with van der Waals surface area (Å²) in [5.74, 6) is 6.90. The van der Waals surface area contributed by atoms with Gasteiger partial charge in [-0.15, -0.1) is 5.92 Å². The van der Waals surface area contributed by atoms with E-state index in [2.05, 4.69) is 46.5 Å². The van der Waals surface area contributed by atoms with Crippen LogP contribution in [-0.2, 0) is 0 Å². The van der Waals surface area contributed by atoms with Crippen LogP contribution in [0, 0.1) is 30.1 Å². The molecule has 1 atom stereocenters. The van der Waals surface area contributed by atoms with Gasteiger partial charge in [-0.3, -0.25) is 0 Å². The van der Waals surface area contributed by atoms with Gasteiger partial charge in [-0.2, -0.15) is 0 Å². The van der Waals surface area contributed by atoms with Crippen LogP contribution < -0.4 is 0 Å². The molecule has 0 bridgehead atoms. The Labute approximate surface area is 71.4 Å². The van der Waals surface area contributed by atoms with Crippen molar-refractivity contribution < 1.29 is 0 Å². The lowest BCUT2D eigenvalue weighted by Gasteiger charge is -2.07. The fourth-order valence-electron chi connectivity index (χ4n) is 0.646. The van der Waals surface area contributed by atoms with Crippen molar-refractivity contribution in [2.45, 2.75) is 40.5 Å². The second-order valence-corrected chi connectivity index (χ2v) is 4.20. The number of hydrogen-bond donors (Lipinski definition) is 0. The van der Waals surface area contributed by atoms with Crippen molar-refractivity contribution in [1.29, 1.82) is 0 Å². The summed E-state index contributed by atoms with van der Waals surface area (Å²) in [5.41, 5.74) is 0.157. The molecule has 0 N–H and O–H groups in total. The van der Waals surface area contributed by atoms with E-state index < -0.39 is 0 Å². The van der Waals surface area contributed by atoms with Crippen LogP contribution in [0.5, 0.6) is 0 Å². The van der Waals surface area contributed by atoms with Gasteiger partial charge in [0.05, 0.1) is 0 Å². The number of rotatable bonds is 2. The smallest absolute Gasteiger partial charge is 0.0230 e. The lowest BCUT2D eigenvalue weighted by Crippen LogP contribution is -1.99. The third-order valence-corrected chi connectivity index (χ3v) is 1.23. The summed E-state index contributed by atoms with van der Waals surface area (Å²) >= 11 is 0. The minimum Gasteiger partial charge on any atom is -0.103 e.